The van der Waals surface area contributed by atoms with Crippen LogP contribution >= 0.6 is 0 Å². The van der Waals surface area contributed by atoms with Crippen LogP contribution in [0.2, 0.25) is 0 Å². The quantitative estimate of drug-likeness (QED) is 0.751. The molecule has 8 nitrogen and oxygen atoms in total. The number of ether oxygens (including phenoxy) is 1. The van der Waals surface area contributed by atoms with Crippen LogP contribution in [-0.4, -0.2) is 42.9 Å². The van der Waals surface area contributed by atoms with Gasteiger partial charge in [0.15, 0.2) is 0 Å². The smallest absolute Gasteiger partial charge is 0.251 e. The molecular formula is C20H22N4O4. The van der Waals surface area contributed by atoms with E-state index in [1.54, 1.807) is 47.5 Å². The van der Waals surface area contributed by atoms with Crippen molar-refractivity contribution in [3.8, 4) is 5.88 Å². The lowest BCUT2D eigenvalue weighted by molar-refractivity contribution is -0.120. The number of aromatic nitrogens is 1. The van der Waals surface area contributed by atoms with Gasteiger partial charge in [0.25, 0.3) is 5.91 Å². The van der Waals surface area contributed by atoms with Gasteiger partial charge in [-0.15, -0.1) is 0 Å². The number of hydrogen-bond acceptors (Lipinski definition) is 5. The van der Waals surface area contributed by atoms with E-state index in [9.17, 15) is 14.4 Å². The molecule has 0 spiro atoms. The van der Waals surface area contributed by atoms with Crippen LogP contribution in [0.1, 0.15) is 28.8 Å². The van der Waals surface area contributed by atoms with Gasteiger partial charge in [0.2, 0.25) is 17.7 Å². The molecule has 1 saturated heterocycles. The molecule has 0 radical (unpaired) electrons. The molecular weight excluding hydrogens is 360 g/mol. The molecule has 2 aromatic rings. The third-order valence-electron chi connectivity index (χ3n) is 4.44. The summed E-state index contributed by atoms with van der Waals surface area (Å²) in [5, 5.41) is 5.30. The Bertz CT molecular complexity index is 867. The molecule has 28 heavy (non-hydrogen) atoms. The van der Waals surface area contributed by atoms with Crippen molar-refractivity contribution in [1.29, 1.82) is 0 Å². The minimum atomic E-state index is -0.353. The molecule has 8 heteroatoms. The molecule has 0 aliphatic carbocycles. The zero-order valence-corrected chi connectivity index (χ0v) is 15.6. The summed E-state index contributed by atoms with van der Waals surface area (Å²) in [5.74, 6) is -0.130. The fourth-order valence-electron chi connectivity index (χ4n) is 2.98. The maximum Gasteiger partial charge on any atom is 0.251 e. The molecule has 1 fully saturated rings. The monoisotopic (exact) mass is 382 g/mol. The number of methoxy groups -OCH3 is 1. The van der Waals surface area contributed by atoms with Gasteiger partial charge in [-0.25, -0.2) is 4.98 Å². The molecule has 2 heterocycles. The number of amides is 3. The van der Waals surface area contributed by atoms with E-state index in [0.717, 1.165) is 17.7 Å². The second-order valence-corrected chi connectivity index (χ2v) is 6.33. The number of benzene rings is 1. The Morgan fingerprint density at radius 3 is 2.64 bits per heavy atom. The number of anilines is 1. The highest BCUT2D eigenvalue weighted by molar-refractivity contribution is 5.98. The van der Waals surface area contributed by atoms with Crippen molar-refractivity contribution in [3.63, 3.8) is 0 Å². The summed E-state index contributed by atoms with van der Waals surface area (Å²) in [6.07, 6.45) is 3.01. The highest BCUT2D eigenvalue weighted by Gasteiger charge is 2.21. The Morgan fingerprint density at radius 2 is 1.96 bits per heavy atom. The fourth-order valence-corrected chi connectivity index (χ4v) is 2.98. The molecule has 1 aliphatic heterocycles. The minimum Gasteiger partial charge on any atom is -0.481 e. The van der Waals surface area contributed by atoms with Crippen molar-refractivity contribution >= 4 is 23.4 Å². The first kappa shape index (κ1) is 19.3. The van der Waals surface area contributed by atoms with E-state index in [1.807, 2.05) is 0 Å². The highest BCUT2D eigenvalue weighted by Crippen LogP contribution is 2.21. The van der Waals surface area contributed by atoms with Gasteiger partial charge in [-0.05, 0) is 36.8 Å². The number of carbonyl (C=O) groups excluding carboxylic acids is 3. The summed E-state index contributed by atoms with van der Waals surface area (Å²) in [4.78, 5) is 41.7. The van der Waals surface area contributed by atoms with E-state index < -0.39 is 0 Å². The minimum absolute atomic E-state index is 0.0964. The summed E-state index contributed by atoms with van der Waals surface area (Å²) in [6, 6.07) is 10.3. The number of carbonyl (C=O) groups is 3. The molecule has 0 saturated carbocycles. The second-order valence-electron chi connectivity index (χ2n) is 6.33. The molecule has 1 aromatic heterocycles. The van der Waals surface area contributed by atoms with Crippen molar-refractivity contribution in [3.05, 3.63) is 53.7 Å². The van der Waals surface area contributed by atoms with E-state index in [4.69, 9.17) is 4.74 Å². The van der Waals surface area contributed by atoms with Gasteiger partial charge < -0.3 is 20.3 Å². The molecule has 3 rings (SSSR count). The Labute approximate surface area is 162 Å². The van der Waals surface area contributed by atoms with Crippen molar-refractivity contribution < 1.29 is 19.1 Å². The van der Waals surface area contributed by atoms with Gasteiger partial charge in [-0.2, -0.15) is 0 Å². The Morgan fingerprint density at radius 1 is 1.18 bits per heavy atom. The molecule has 0 unspecified atom stereocenters. The predicted octanol–water partition coefficient (Wildman–Crippen LogP) is 1.26. The van der Waals surface area contributed by atoms with Crippen LogP contribution in [0.5, 0.6) is 5.88 Å². The average molecular weight is 382 g/mol. The zero-order valence-electron chi connectivity index (χ0n) is 15.6. The van der Waals surface area contributed by atoms with Gasteiger partial charge in [0, 0.05) is 42.5 Å². The predicted molar refractivity (Wildman–Crippen MR) is 103 cm³/mol. The lowest BCUT2D eigenvalue weighted by Gasteiger charge is -2.15. The number of pyridine rings is 1. The van der Waals surface area contributed by atoms with Crippen molar-refractivity contribution in [2.24, 2.45) is 0 Å². The first-order chi connectivity index (χ1) is 13.6. The molecule has 0 atom stereocenters. The van der Waals surface area contributed by atoms with Crippen LogP contribution < -0.4 is 20.3 Å². The lowest BCUT2D eigenvalue weighted by atomic mass is 10.2. The molecule has 146 valence electrons. The first-order valence-electron chi connectivity index (χ1n) is 9.01. The van der Waals surface area contributed by atoms with Gasteiger partial charge in [-0.1, -0.05) is 6.07 Å². The Balaban J connectivity index is 1.48. The van der Waals surface area contributed by atoms with E-state index in [0.29, 0.717) is 24.4 Å². The van der Waals surface area contributed by atoms with E-state index >= 15 is 0 Å². The second kappa shape index (κ2) is 8.98. The summed E-state index contributed by atoms with van der Waals surface area (Å²) in [7, 11) is 1.51. The number of nitrogens with one attached hydrogen (secondary N) is 2. The van der Waals surface area contributed by atoms with Crippen LogP contribution in [0, 0.1) is 0 Å². The third kappa shape index (κ3) is 4.64. The third-order valence-corrected chi connectivity index (χ3v) is 4.44. The first-order valence-corrected chi connectivity index (χ1v) is 9.01. The molecule has 3 amide bonds. The maximum absolute atomic E-state index is 12.2. The van der Waals surface area contributed by atoms with Crippen molar-refractivity contribution in [1.82, 2.24) is 15.6 Å². The highest BCUT2D eigenvalue weighted by atomic mass is 16.5. The number of hydrogen-bond donors (Lipinski definition) is 2. The van der Waals surface area contributed by atoms with Crippen LogP contribution in [0.4, 0.5) is 5.69 Å². The Hall–Kier alpha value is -3.42. The average Bonchev–Trinajstić information content (AvgIpc) is 3.16. The molecule has 0 bridgehead atoms. The van der Waals surface area contributed by atoms with Crippen LogP contribution in [0.15, 0.2) is 42.6 Å². The van der Waals surface area contributed by atoms with Crippen molar-refractivity contribution in [2.45, 2.75) is 19.4 Å². The number of rotatable bonds is 7. The summed E-state index contributed by atoms with van der Waals surface area (Å²) in [5.41, 5.74) is 1.95. The lowest BCUT2D eigenvalue weighted by Crippen LogP contribution is -2.36. The maximum atomic E-state index is 12.2. The van der Waals surface area contributed by atoms with E-state index in [2.05, 4.69) is 15.6 Å². The molecule has 2 N–H and O–H groups in total. The summed E-state index contributed by atoms with van der Waals surface area (Å²) in [6.45, 7) is 0.810. The van der Waals surface area contributed by atoms with Crippen molar-refractivity contribution in [2.75, 3.05) is 25.1 Å². The summed E-state index contributed by atoms with van der Waals surface area (Å²) >= 11 is 0. The van der Waals surface area contributed by atoms with Gasteiger partial charge in [0.05, 0.1) is 13.7 Å². The normalized spacial score (nSPS) is 13.3. The Kier molecular flexibility index (Phi) is 6.21. The fraction of sp³-hybridized carbons (Fsp3) is 0.300. The van der Waals surface area contributed by atoms with Crippen LogP contribution in [0.3, 0.4) is 0 Å². The van der Waals surface area contributed by atoms with Crippen LogP contribution in [-0.2, 0) is 16.1 Å². The van der Waals surface area contributed by atoms with Gasteiger partial charge in [-0.3, -0.25) is 14.4 Å². The standard InChI is InChI=1S/C20H22N4O4/c1-28-20-15(4-2-10-21-20)12-22-17(25)13-23-19(27)14-6-8-16(9-7-14)24-11-3-5-18(24)26/h2,4,6-10H,3,5,11-13H2,1H3,(H,22,25)(H,23,27). The number of nitrogens with zero attached hydrogens (tertiary/aromatic N) is 2. The zero-order chi connectivity index (χ0) is 19.9. The topological polar surface area (TPSA) is 101 Å². The van der Waals surface area contributed by atoms with Gasteiger partial charge in [0.1, 0.15) is 0 Å². The SMILES string of the molecule is COc1ncccc1CNC(=O)CNC(=O)c1ccc(N2CCCC2=O)cc1. The molecule has 1 aromatic carbocycles. The summed E-state index contributed by atoms with van der Waals surface area (Å²) < 4.78 is 5.13. The van der Waals surface area contributed by atoms with Crippen LogP contribution in [0.25, 0.3) is 0 Å². The van der Waals surface area contributed by atoms with E-state index in [1.165, 1.54) is 7.11 Å². The molecule has 1 aliphatic rings. The largest absolute Gasteiger partial charge is 0.481 e. The van der Waals surface area contributed by atoms with E-state index in [-0.39, 0.29) is 30.8 Å². The van der Waals surface area contributed by atoms with Gasteiger partial charge >= 0.3 is 0 Å².